The molecule has 0 unspecified atom stereocenters. The van der Waals surface area contributed by atoms with Crippen molar-refractivity contribution in [2.24, 2.45) is 0 Å². The summed E-state index contributed by atoms with van der Waals surface area (Å²) in [4.78, 5) is 0. The molecule has 0 bridgehead atoms. The van der Waals surface area contributed by atoms with Gasteiger partial charge >= 0.3 is 0 Å². The number of rotatable bonds is 1. The zero-order valence-corrected chi connectivity index (χ0v) is 10.3. The third kappa shape index (κ3) is 1.40. The Kier molecular flexibility index (Phi) is 1.96. The van der Waals surface area contributed by atoms with Gasteiger partial charge in [0.15, 0.2) is 0 Å². The summed E-state index contributed by atoms with van der Waals surface area (Å²) in [5.74, 6) is 0. The van der Waals surface area contributed by atoms with E-state index in [-0.39, 0.29) is 5.54 Å². The Morgan fingerprint density at radius 2 is 2.12 bits per heavy atom. The van der Waals surface area contributed by atoms with E-state index in [1.807, 2.05) is 13.2 Å². The number of nitrogens with one attached hydrogen (secondary N) is 3. The van der Waals surface area contributed by atoms with Crippen molar-refractivity contribution in [3.8, 4) is 11.3 Å². The van der Waals surface area contributed by atoms with Crippen LogP contribution in [0, 0.1) is 0 Å². The Balaban J connectivity index is 2.23. The van der Waals surface area contributed by atoms with Crippen molar-refractivity contribution >= 4 is 11.4 Å². The maximum atomic E-state index is 4.16. The molecule has 0 saturated carbocycles. The van der Waals surface area contributed by atoms with E-state index in [2.05, 4.69) is 52.9 Å². The number of fused-ring (bicyclic) bond motifs is 3. The largest absolute Gasteiger partial charge is 0.388 e. The van der Waals surface area contributed by atoms with Crippen molar-refractivity contribution in [1.29, 1.82) is 0 Å². The maximum absolute atomic E-state index is 4.16. The number of H-pyrrole nitrogens is 1. The van der Waals surface area contributed by atoms with Gasteiger partial charge in [0.25, 0.3) is 0 Å². The van der Waals surface area contributed by atoms with E-state index in [9.17, 15) is 0 Å². The Morgan fingerprint density at radius 3 is 2.88 bits per heavy atom. The second kappa shape index (κ2) is 3.26. The number of hydrogen-bond donors (Lipinski definition) is 3. The Bertz CT molecular complexity index is 569. The van der Waals surface area contributed by atoms with E-state index in [0.29, 0.717) is 0 Å². The zero-order valence-electron chi connectivity index (χ0n) is 10.3. The first-order chi connectivity index (χ1) is 8.12. The number of aromatic amines is 1. The van der Waals surface area contributed by atoms with Gasteiger partial charge in [-0.3, -0.25) is 5.10 Å². The van der Waals surface area contributed by atoms with Crippen LogP contribution < -0.4 is 10.6 Å². The quantitative estimate of drug-likeness (QED) is 0.703. The molecule has 88 valence electrons. The number of aromatic nitrogens is 2. The van der Waals surface area contributed by atoms with E-state index < -0.39 is 0 Å². The van der Waals surface area contributed by atoms with Crippen LogP contribution in [-0.4, -0.2) is 17.2 Å². The standard InChI is InChI=1S/C13H16N4/c1-13(2)10-7-15-17-12(10)9-5-4-8(14-3)6-11(9)16-13/h4-7,14,16H,1-3H3,(H,15,17). The van der Waals surface area contributed by atoms with E-state index >= 15 is 0 Å². The molecule has 0 radical (unpaired) electrons. The number of nitrogens with zero attached hydrogens (tertiary/aromatic N) is 1. The molecule has 1 aliphatic heterocycles. The predicted molar refractivity (Wildman–Crippen MR) is 70.2 cm³/mol. The summed E-state index contributed by atoms with van der Waals surface area (Å²) in [6.07, 6.45) is 1.90. The first-order valence-electron chi connectivity index (χ1n) is 5.76. The van der Waals surface area contributed by atoms with Crippen LogP contribution >= 0.6 is 0 Å². The van der Waals surface area contributed by atoms with E-state index in [1.54, 1.807) is 0 Å². The van der Waals surface area contributed by atoms with E-state index in [1.165, 1.54) is 11.1 Å². The van der Waals surface area contributed by atoms with Gasteiger partial charge in [-0.25, -0.2) is 0 Å². The van der Waals surface area contributed by atoms with Crippen LogP contribution in [0.15, 0.2) is 24.4 Å². The molecule has 0 saturated heterocycles. The minimum atomic E-state index is -0.0955. The number of anilines is 2. The SMILES string of the molecule is CNc1ccc2c(c1)NC(C)(C)c1cn[nH]c1-2. The van der Waals surface area contributed by atoms with Crippen LogP contribution in [0.3, 0.4) is 0 Å². The predicted octanol–water partition coefficient (Wildman–Crippen LogP) is 2.78. The molecule has 3 rings (SSSR count). The van der Waals surface area contributed by atoms with E-state index in [4.69, 9.17) is 0 Å². The molecular formula is C13H16N4. The van der Waals surface area contributed by atoms with Gasteiger partial charge in [-0.1, -0.05) is 0 Å². The van der Waals surface area contributed by atoms with Gasteiger partial charge in [0, 0.05) is 29.5 Å². The summed E-state index contributed by atoms with van der Waals surface area (Å²) in [5.41, 5.74) is 5.65. The van der Waals surface area contributed by atoms with Gasteiger partial charge in [0.05, 0.1) is 17.4 Å². The minimum absolute atomic E-state index is 0.0955. The molecule has 0 amide bonds. The van der Waals surface area contributed by atoms with Gasteiger partial charge in [0.1, 0.15) is 0 Å². The summed E-state index contributed by atoms with van der Waals surface area (Å²) in [6.45, 7) is 4.33. The Morgan fingerprint density at radius 1 is 1.29 bits per heavy atom. The van der Waals surface area contributed by atoms with Crippen LogP contribution in [-0.2, 0) is 5.54 Å². The monoisotopic (exact) mass is 228 g/mol. The van der Waals surface area contributed by atoms with Gasteiger partial charge in [-0.2, -0.15) is 5.10 Å². The van der Waals surface area contributed by atoms with Crippen LogP contribution in [0.25, 0.3) is 11.3 Å². The molecule has 2 heterocycles. The van der Waals surface area contributed by atoms with Crippen LogP contribution in [0.5, 0.6) is 0 Å². The lowest BCUT2D eigenvalue weighted by molar-refractivity contribution is 0.606. The Labute approximate surface area is 100 Å². The van der Waals surface area contributed by atoms with Crippen molar-refractivity contribution in [3.05, 3.63) is 30.0 Å². The van der Waals surface area contributed by atoms with Crippen LogP contribution in [0.2, 0.25) is 0 Å². The lowest BCUT2D eigenvalue weighted by Gasteiger charge is -2.33. The van der Waals surface area contributed by atoms with Crippen molar-refractivity contribution in [3.63, 3.8) is 0 Å². The van der Waals surface area contributed by atoms with Gasteiger partial charge in [-0.15, -0.1) is 0 Å². The third-order valence-corrected chi connectivity index (χ3v) is 3.34. The lowest BCUT2D eigenvalue weighted by atomic mass is 9.87. The molecule has 1 aromatic carbocycles. The van der Waals surface area contributed by atoms with Crippen molar-refractivity contribution < 1.29 is 0 Å². The molecule has 0 atom stereocenters. The minimum Gasteiger partial charge on any atom is -0.388 e. The molecule has 4 heteroatoms. The molecule has 4 nitrogen and oxygen atoms in total. The fraction of sp³-hybridized carbons (Fsp3) is 0.308. The number of hydrogen-bond acceptors (Lipinski definition) is 3. The molecular weight excluding hydrogens is 212 g/mol. The third-order valence-electron chi connectivity index (χ3n) is 3.34. The molecule has 0 aliphatic carbocycles. The highest BCUT2D eigenvalue weighted by molar-refractivity contribution is 5.84. The van der Waals surface area contributed by atoms with E-state index in [0.717, 1.165) is 17.1 Å². The van der Waals surface area contributed by atoms with Gasteiger partial charge < -0.3 is 10.6 Å². The average Bonchev–Trinajstić information content (AvgIpc) is 2.77. The summed E-state index contributed by atoms with van der Waals surface area (Å²) < 4.78 is 0. The first-order valence-corrected chi connectivity index (χ1v) is 5.76. The smallest absolute Gasteiger partial charge is 0.0726 e. The number of benzene rings is 1. The fourth-order valence-electron chi connectivity index (χ4n) is 2.39. The van der Waals surface area contributed by atoms with Crippen molar-refractivity contribution in [1.82, 2.24) is 10.2 Å². The summed E-state index contributed by atoms with van der Waals surface area (Å²) in [5, 5.41) is 14.0. The first kappa shape index (κ1) is 10.2. The van der Waals surface area contributed by atoms with Gasteiger partial charge in [-0.05, 0) is 32.0 Å². The Hall–Kier alpha value is -1.97. The fourth-order valence-corrected chi connectivity index (χ4v) is 2.39. The van der Waals surface area contributed by atoms with Crippen LogP contribution in [0.4, 0.5) is 11.4 Å². The second-order valence-electron chi connectivity index (χ2n) is 4.92. The molecule has 0 spiro atoms. The van der Waals surface area contributed by atoms with Crippen molar-refractivity contribution in [2.45, 2.75) is 19.4 Å². The average molecular weight is 228 g/mol. The molecule has 2 aromatic rings. The van der Waals surface area contributed by atoms with Gasteiger partial charge in [0.2, 0.25) is 0 Å². The lowest BCUT2D eigenvalue weighted by Crippen LogP contribution is -2.31. The molecule has 17 heavy (non-hydrogen) atoms. The zero-order chi connectivity index (χ0) is 12.0. The molecule has 1 aliphatic rings. The maximum Gasteiger partial charge on any atom is 0.0726 e. The highest BCUT2D eigenvalue weighted by Gasteiger charge is 2.31. The van der Waals surface area contributed by atoms with Crippen molar-refractivity contribution in [2.75, 3.05) is 17.7 Å². The molecule has 3 N–H and O–H groups in total. The highest BCUT2D eigenvalue weighted by atomic mass is 15.1. The van der Waals surface area contributed by atoms with Crippen LogP contribution in [0.1, 0.15) is 19.4 Å². The summed E-state index contributed by atoms with van der Waals surface area (Å²) in [7, 11) is 1.93. The second-order valence-corrected chi connectivity index (χ2v) is 4.92. The highest BCUT2D eigenvalue weighted by Crippen LogP contribution is 2.42. The topological polar surface area (TPSA) is 52.7 Å². The summed E-state index contributed by atoms with van der Waals surface area (Å²) in [6, 6.07) is 6.31. The molecule has 0 fully saturated rings. The normalized spacial score (nSPS) is 15.7. The summed E-state index contributed by atoms with van der Waals surface area (Å²) >= 11 is 0. The molecule has 1 aromatic heterocycles.